The molecule has 0 radical (unpaired) electrons. The predicted octanol–water partition coefficient (Wildman–Crippen LogP) is 2.88. The Balaban J connectivity index is 1.54. The minimum atomic E-state index is -0.0204. The Bertz CT molecular complexity index is 322. The molecule has 0 aromatic heterocycles. The first-order chi connectivity index (χ1) is 10.3. The molecule has 2 heterocycles. The molecule has 3 fully saturated rings. The Labute approximate surface area is 130 Å². The number of hydrogen-bond donors (Lipinski definition) is 1. The van der Waals surface area contributed by atoms with E-state index in [1.165, 1.54) is 77.4 Å². The van der Waals surface area contributed by atoms with Crippen LogP contribution in [0.4, 0.5) is 0 Å². The number of aliphatic hydroxyl groups is 1. The third kappa shape index (κ3) is 3.80. The summed E-state index contributed by atoms with van der Waals surface area (Å²) in [4.78, 5) is 5.32. The molecule has 0 aromatic rings. The summed E-state index contributed by atoms with van der Waals surface area (Å²) in [7, 11) is 2.30. The second-order valence-electron chi connectivity index (χ2n) is 7.68. The lowest BCUT2D eigenvalue weighted by Crippen LogP contribution is -2.48. The summed E-state index contributed by atoms with van der Waals surface area (Å²) in [6, 6.07) is 1.47. The van der Waals surface area contributed by atoms with E-state index in [4.69, 9.17) is 0 Å². The molecule has 4 atom stereocenters. The molecule has 122 valence electrons. The van der Waals surface area contributed by atoms with Crippen LogP contribution in [0.15, 0.2) is 0 Å². The Morgan fingerprint density at radius 1 is 0.905 bits per heavy atom. The van der Waals surface area contributed by atoms with Crippen LogP contribution in [0.1, 0.15) is 64.2 Å². The summed E-state index contributed by atoms with van der Waals surface area (Å²) in [6.45, 7) is 3.81. The summed E-state index contributed by atoms with van der Waals surface area (Å²) in [6.07, 6.45) is 13.1. The lowest BCUT2D eigenvalue weighted by Gasteiger charge is -2.42. The van der Waals surface area contributed by atoms with E-state index in [-0.39, 0.29) is 6.10 Å². The summed E-state index contributed by atoms with van der Waals surface area (Å²) in [5.41, 5.74) is 0. The largest absolute Gasteiger partial charge is 0.393 e. The van der Waals surface area contributed by atoms with Crippen molar-refractivity contribution < 1.29 is 5.11 Å². The summed E-state index contributed by atoms with van der Waals surface area (Å²) in [5, 5.41) is 10.3. The van der Waals surface area contributed by atoms with Crippen molar-refractivity contribution in [1.82, 2.24) is 9.80 Å². The summed E-state index contributed by atoms with van der Waals surface area (Å²) >= 11 is 0. The van der Waals surface area contributed by atoms with Crippen molar-refractivity contribution in [2.24, 2.45) is 5.92 Å². The van der Waals surface area contributed by atoms with Gasteiger partial charge in [0.05, 0.1) is 6.10 Å². The molecule has 3 aliphatic rings. The van der Waals surface area contributed by atoms with Gasteiger partial charge in [-0.05, 0) is 71.6 Å². The topological polar surface area (TPSA) is 26.7 Å². The van der Waals surface area contributed by atoms with Crippen molar-refractivity contribution in [2.45, 2.75) is 82.4 Å². The Morgan fingerprint density at radius 3 is 2.48 bits per heavy atom. The number of rotatable bonds is 4. The van der Waals surface area contributed by atoms with Gasteiger partial charge in [-0.15, -0.1) is 0 Å². The van der Waals surface area contributed by atoms with Crippen LogP contribution in [-0.2, 0) is 0 Å². The van der Waals surface area contributed by atoms with Gasteiger partial charge in [-0.3, -0.25) is 4.90 Å². The fraction of sp³-hybridized carbons (Fsp3) is 1.00. The van der Waals surface area contributed by atoms with Gasteiger partial charge in [-0.25, -0.2) is 0 Å². The van der Waals surface area contributed by atoms with E-state index in [1.54, 1.807) is 0 Å². The van der Waals surface area contributed by atoms with Crippen LogP contribution < -0.4 is 0 Å². The molecule has 3 rings (SSSR count). The number of aliphatic hydroxyl groups excluding tert-OH is 1. The minimum Gasteiger partial charge on any atom is -0.393 e. The van der Waals surface area contributed by atoms with Crippen LogP contribution in [0, 0.1) is 5.92 Å². The quantitative estimate of drug-likeness (QED) is 0.863. The monoisotopic (exact) mass is 294 g/mol. The van der Waals surface area contributed by atoms with Crippen molar-refractivity contribution >= 4 is 0 Å². The molecule has 1 aliphatic carbocycles. The maximum absolute atomic E-state index is 10.3. The molecule has 1 N–H and O–H groups in total. The SMILES string of the molecule is CN1CCCCC1CCN1CCCCC1C1CCCC1O. The van der Waals surface area contributed by atoms with E-state index >= 15 is 0 Å². The van der Waals surface area contributed by atoms with E-state index in [9.17, 15) is 5.11 Å². The maximum Gasteiger partial charge on any atom is 0.0583 e. The maximum atomic E-state index is 10.3. The number of nitrogens with zero attached hydrogens (tertiary/aromatic N) is 2. The molecule has 4 unspecified atom stereocenters. The molecule has 1 saturated carbocycles. The van der Waals surface area contributed by atoms with Gasteiger partial charge in [0, 0.05) is 18.0 Å². The second-order valence-corrected chi connectivity index (χ2v) is 7.68. The fourth-order valence-corrected chi connectivity index (χ4v) is 5.02. The zero-order valence-electron chi connectivity index (χ0n) is 13.8. The molecule has 0 bridgehead atoms. The molecule has 0 aromatic carbocycles. The normalized spacial score (nSPS) is 39.7. The van der Waals surface area contributed by atoms with Crippen LogP contribution in [0.2, 0.25) is 0 Å². The van der Waals surface area contributed by atoms with Crippen LogP contribution in [0.5, 0.6) is 0 Å². The van der Waals surface area contributed by atoms with Gasteiger partial charge >= 0.3 is 0 Å². The highest BCUT2D eigenvalue weighted by atomic mass is 16.3. The molecule has 0 amide bonds. The van der Waals surface area contributed by atoms with Gasteiger partial charge in [-0.1, -0.05) is 19.3 Å². The molecule has 3 heteroatoms. The zero-order valence-corrected chi connectivity index (χ0v) is 13.8. The van der Waals surface area contributed by atoms with E-state index in [1.807, 2.05) is 0 Å². The van der Waals surface area contributed by atoms with Crippen molar-refractivity contribution in [3.05, 3.63) is 0 Å². The molecule has 0 spiro atoms. The van der Waals surface area contributed by atoms with Gasteiger partial charge in [0.1, 0.15) is 0 Å². The lowest BCUT2D eigenvalue weighted by molar-refractivity contribution is 0.0293. The molecule has 2 saturated heterocycles. The highest BCUT2D eigenvalue weighted by Crippen LogP contribution is 2.35. The highest BCUT2D eigenvalue weighted by Gasteiger charge is 2.37. The Kier molecular flexibility index (Phi) is 5.58. The average molecular weight is 294 g/mol. The van der Waals surface area contributed by atoms with Crippen LogP contribution >= 0.6 is 0 Å². The Morgan fingerprint density at radius 2 is 1.71 bits per heavy atom. The smallest absolute Gasteiger partial charge is 0.0583 e. The Hall–Kier alpha value is -0.120. The lowest BCUT2D eigenvalue weighted by atomic mass is 9.87. The zero-order chi connectivity index (χ0) is 14.7. The van der Waals surface area contributed by atoms with Gasteiger partial charge < -0.3 is 10.0 Å². The van der Waals surface area contributed by atoms with Gasteiger partial charge in [-0.2, -0.15) is 0 Å². The molecular weight excluding hydrogens is 260 g/mol. The highest BCUT2D eigenvalue weighted by molar-refractivity contribution is 4.91. The van der Waals surface area contributed by atoms with E-state index in [0.29, 0.717) is 12.0 Å². The summed E-state index contributed by atoms with van der Waals surface area (Å²) in [5.74, 6) is 0.564. The van der Waals surface area contributed by atoms with Crippen molar-refractivity contribution in [3.63, 3.8) is 0 Å². The van der Waals surface area contributed by atoms with Crippen molar-refractivity contribution in [1.29, 1.82) is 0 Å². The third-order valence-electron chi connectivity index (χ3n) is 6.36. The molecular formula is C18H34N2O. The first-order valence-electron chi connectivity index (χ1n) is 9.38. The molecule has 21 heavy (non-hydrogen) atoms. The average Bonchev–Trinajstić information content (AvgIpc) is 2.93. The third-order valence-corrected chi connectivity index (χ3v) is 6.36. The van der Waals surface area contributed by atoms with Gasteiger partial charge in [0.2, 0.25) is 0 Å². The first kappa shape index (κ1) is 15.8. The number of likely N-dealkylation sites (tertiary alicyclic amines) is 2. The number of piperidine rings is 2. The molecule has 3 nitrogen and oxygen atoms in total. The predicted molar refractivity (Wildman–Crippen MR) is 87.4 cm³/mol. The summed E-state index contributed by atoms with van der Waals surface area (Å²) < 4.78 is 0. The minimum absolute atomic E-state index is 0.0204. The molecule has 2 aliphatic heterocycles. The van der Waals surface area contributed by atoms with E-state index < -0.39 is 0 Å². The second kappa shape index (κ2) is 7.43. The number of hydrogen-bond acceptors (Lipinski definition) is 3. The van der Waals surface area contributed by atoms with Gasteiger partial charge in [0.25, 0.3) is 0 Å². The first-order valence-corrected chi connectivity index (χ1v) is 9.38. The van der Waals surface area contributed by atoms with Gasteiger partial charge in [0.15, 0.2) is 0 Å². The van der Waals surface area contributed by atoms with E-state index in [2.05, 4.69) is 16.8 Å². The van der Waals surface area contributed by atoms with Crippen LogP contribution in [0.25, 0.3) is 0 Å². The standard InChI is InChI=1S/C18H34N2O/c1-19-12-4-2-7-15(19)11-14-20-13-5-3-9-17(20)16-8-6-10-18(16)21/h15-18,21H,2-14H2,1H3. The van der Waals surface area contributed by atoms with Crippen LogP contribution in [0.3, 0.4) is 0 Å². The van der Waals surface area contributed by atoms with Crippen molar-refractivity contribution in [2.75, 3.05) is 26.7 Å². The van der Waals surface area contributed by atoms with Crippen molar-refractivity contribution in [3.8, 4) is 0 Å². The van der Waals surface area contributed by atoms with Crippen LogP contribution in [-0.4, -0.2) is 59.8 Å². The van der Waals surface area contributed by atoms with E-state index in [0.717, 1.165) is 12.5 Å². The fourth-order valence-electron chi connectivity index (χ4n) is 5.02.